The third-order valence-electron chi connectivity index (χ3n) is 1.66. The van der Waals surface area contributed by atoms with Crippen molar-refractivity contribution in [1.29, 1.82) is 0 Å². The number of rotatable bonds is 1. The molecule has 0 amide bonds. The Morgan fingerprint density at radius 1 is 1.54 bits per heavy atom. The topological polar surface area (TPSA) is 30.0 Å². The van der Waals surface area contributed by atoms with Crippen LogP contribution in [0.3, 0.4) is 0 Å². The second-order valence-electron chi connectivity index (χ2n) is 2.48. The first kappa shape index (κ1) is 8.72. The van der Waals surface area contributed by atoms with Crippen LogP contribution in [0, 0.1) is 0 Å². The van der Waals surface area contributed by atoms with Gasteiger partial charge in [0.15, 0.2) is 0 Å². The number of fused-ring (bicyclic) bond motifs is 1. The third-order valence-corrected chi connectivity index (χ3v) is 3.80. The van der Waals surface area contributed by atoms with Gasteiger partial charge in [0.25, 0.3) is 0 Å². The van der Waals surface area contributed by atoms with Crippen molar-refractivity contribution in [2.24, 2.45) is 0 Å². The minimum Gasteiger partial charge on any atom is -0.287 e. The van der Waals surface area contributed by atoms with Crippen LogP contribution in [0.1, 0.15) is 0 Å². The summed E-state index contributed by atoms with van der Waals surface area (Å²) in [7, 11) is 0. The van der Waals surface area contributed by atoms with Crippen molar-refractivity contribution < 1.29 is 0 Å². The lowest BCUT2D eigenvalue weighted by atomic mass is 10.4. The van der Waals surface area contributed by atoms with E-state index >= 15 is 0 Å². The fraction of sp³-hybridized carbons (Fsp3) is 0.111. The molecule has 13 heavy (non-hydrogen) atoms. The maximum atomic E-state index is 11.5. The van der Waals surface area contributed by atoms with Gasteiger partial charge in [0, 0.05) is 12.3 Å². The van der Waals surface area contributed by atoms with Crippen LogP contribution in [-0.4, -0.2) is 11.2 Å². The highest BCUT2D eigenvalue weighted by Crippen LogP contribution is 2.23. The fourth-order valence-corrected chi connectivity index (χ4v) is 2.68. The molecular weight excluding hydrogens is 202 g/mol. The van der Waals surface area contributed by atoms with Crippen LogP contribution in [-0.2, 0) is 0 Å². The molecule has 66 valence electrons. The average Bonchev–Trinajstić information content (AvgIpc) is 2.18. The Bertz CT molecular complexity index is 492. The normalized spacial score (nSPS) is 10.5. The molecule has 0 bridgehead atoms. The monoisotopic (exact) mass is 209 g/mol. The molecule has 0 radical (unpaired) electrons. The molecule has 2 rings (SSSR count). The summed E-state index contributed by atoms with van der Waals surface area (Å²) in [5, 5.41) is 0. The summed E-state index contributed by atoms with van der Waals surface area (Å²) in [6, 6.07) is 5.42. The number of hydrogen-bond donors (Lipinski definition) is 0. The second-order valence-corrected chi connectivity index (χ2v) is 4.67. The summed E-state index contributed by atoms with van der Waals surface area (Å²) in [6.45, 7) is 0. The van der Waals surface area contributed by atoms with Gasteiger partial charge in [-0.2, -0.15) is 0 Å². The van der Waals surface area contributed by atoms with E-state index in [1.807, 2.05) is 18.4 Å². The predicted octanol–water partition coefficient (Wildman–Crippen LogP) is 2.38. The number of aromatic nitrogens is 1. The predicted molar refractivity (Wildman–Crippen MR) is 57.7 cm³/mol. The van der Waals surface area contributed by atoms with E-state index in [1.54, 1.807) is 35.4 Å². The Kier molecular flexibility index (Phi) is 2.33. The van der Waals surface area contributed by atoms with Crippen molar-refractivity contribution in [2.45, 2.75) is 4.21 Å². The molecule has 0 aromatic carbocycles. The molecule has 0 saturated carbocycles. The maximum Gasteiger partial charge on any atom is 0.207 e. The summed E-state index contributed by atoms with van der Waals surface area (Å²) < 4.78 is 1.99. The Hall–Kier alpha value is -0.870. The molecule has 0 atom stereocenters. The molecule has 2 heterocycles. The first-order valence-electron chi connectivity index (χ1n) is 3.74. The van der Waals surface area contributed by atoms with Crippen molar-refractivity contribution in [2.75, 3.05) is 6.26 Å². The maximum absolute atomic E-state index is 11.5. The van der Waals surface area contributed by atoms with Crippen molar-refractivity contribution in [1.82, 2.24) is 4.98 Å². The lowest BCUT2D eigenvalue weighted by Gasteiger charge is -1.96. The minimum atomic E-state index is 0.0127. The van der Waals surface area contributed by atoms with Gasteiger partial charge in [0.2, 0.25) is 5.43 Å². The summed E-state index contributed by atoms with van der Waals surface area (Å²) >= 11 is 3.19. The molecule has 0 aliphatic carbocycles. The molecule has 2 aromatic rings. The second kappa shape index (κ2) is 3.47. The SMILES string of the molecule is CSc1cc(=O)c2ncccc2s1. The van der Waals surface area contributed by atoms with Crippen molar-refractivity contribution >= 4 is 33.3 Å². The van der Waals surface area contributed by atoms with E-state index in [1.165, 1.54) is 0 Å². The van der Waals surface area contributed by atoms with Crippen LogP contribution in [0.2, 0.25) is 0 Å². The highest BCUT2D eigenvalue weighted by atomic mass is 32.2. The van der Waals surface area contributed by atoms with Crippen molar-refractivity contribution in [3.63, 3.8) is 0 Å². The van der Waals surface area contributed by atoms with Gasteiger partial charge in [-0.25, -0.2) is 0 Å². The standard InChI is InChI=1S/C9H7NOS2/c1-12-8-5-6(11)9-7(13-8)3-2-4-10-9/h2-5H,1H3. The summed E-state index contributed by atoms with van der Waals surface area (Å²) in [6.07, 6.45) is 3.61. The van der Waals surface area contributed by atoms with E-state index in [4.69, 9.17) is 0 Å². The molecule has 0 saturated heterocycles. The van der Waals surface area contributed by atoms with Crippen molar-refractivity contribution in [3.8, 4) is 0 Å². The summed E-state index contributed by atoms with van der Waals surface area (Å²) in [5.74, 6) is 0. The Morgan fingerprint density at radius 3 is 3.15 bits per heavy atom. The van der Waals surface area contributed by atoms with Crippen LogP contribution >= 0.6 is 23.1 Å². The van der Waals surface area contributed by atoms with Crippen LogP contribution < -0.4 is 5.43 Å². The lowest BCUT2D eigenvalue weighted by Crippen LogP contribution is -1.99. The van der Waals surface area contributed by atoms with Crippen LogP contribution in [0.5, 0.6) is 0 Å². The molecule has 0 N–H and O–H groups in total. The van der Waals surface area contributed by atoms with Gasteiger partial charge in [-0.3, -0.25) is 9.78 Å². The Labute approximate surface area is 83.6 Å². The number of hydrogen-bond acceptors (Lipinski definition) is 4. The van der Waals surface area contributed by atoms with E-state index in [0.29, 0.717) is 5.52 Å². The average molecular weight is 209 g/mol. The molecule has 0 unspecified atom stereocenters. The molecule has 0 spiro atoms. The zero-order valence-corrected chi connectivity index (χ0v) is 8.61. The van der Waals surface area contributed by atoms with Gasteiger partial charge < -0.3 is 0 Å². The number of pyridine rings is 1. The summed E-state index contributed by atoms with van der Waals surface area (Å²) in [5.41, 5.74) is 0.587. The van der Waals surface area contributed by atoms with E-state index < -0.39 is 0 Å². The van der Waals surface area contributed by atoms with E-state index in [2.05, 4.69) is 4.98 Å². The zero-order chi connectivity index (χ0) is 9.26. The molecule has 2 nitrogen and oxygen atoms in total. The first-order valence-corrected chi connectivity index (χ1v) is 5.78. The smallest absolute Gasteiger partial charge is 0.207 e. The summed E-state index contributed by atoms with van der Waals surface area (Å²) in [4.78, 5) is 15.5. The van der Waals surface area contributed by atoms with Crippen LogP contribution in [0.15, 0.2) is 33.4 Å². The molecule has 2 aromatic heterocycles. The van der Waals surface area contributed by atoms with Crippen LogP contribution in [0.25, 0.3) is 10.2 Å². The van der Waals surface area contributed by atoms with E-state index in [0.717, 1.165) is 8.91 Å². The molecule has 0 fully saturated rings. The van der Waals surface area contributed by atoms with Gasteiger partial charge in [-0.15, -0.1) is 23.1 Å². The highest BCUT2D eigenvalue weighted by molar-refractivity contribution is 8.00. The third kappa shape index (κ3) is 1.59. The van der Waals surface area contributed by atoms with Gasteiger partial charge in [-0.1, -0.05) is 0 Å². The van der Waals surface area contributed by atoms with Gasteiger partial charge in [0.05, 0.1) is 8.91 Å². The largest absolute Gasteiger partial charge is 0.287 e. The minimum absolute atomic E-state index is 0.0127. The quantitative estimate of drug-likeness (QED) is 0.675. The molecule has 4 heteroatoms. The van der Waals surface area contributed by atoms with Crippen LogP contribution in [0.4, 0.5) is 0 Å². The zero-order valence-electron chi connectivity index (χ0n) is 6.98. The van der Waals surface area contributed by atoms with Gasteiger partial charge >= 0.3 is 0 Å². The molecule has 0 aliphatic rings. The molecule has 0 aliphatic heterocycles. The highest BCUT2D eigenvalue weighted by Gasteiger charge is 2.01. The molecular formula is C9H7NOS2. The number of thioether (sulfide) groups is 1. The number of nitrogens with zero attached hydrogens (tertiary/aromatic N) is 1. The van der Waals surface area contributed by atoms with Crippen molar-refractivity contribution in [3.05, 3.63) is 34.6 Å². The Balaban J connectivity index is 2.85. The van der Waals surface area contributed by atoms with E-state index in [9.17, 15) is 4.79 Å². The Morgan fingerprint density at radius 2 is 2.38 bits per heavy atom. The first-order chi connectivity index (χ1) is 6.31. The van der Waals surface area contributed by atoms with E-state index in [-0.39, 0.29) is 5.43 Å². The lowest BCUT2D eigenvalue weighted by molar-refractivity contribution is 1.39. The van der Waals surface area contributed by atoms with Gasteiger partial charge in [-0.05, 0) is 18.4 Å². The fourth-order valence-electron chi connectivity index (χ4n) is 1.07. The van der Waals surface area contributed by atoms with Gasteiger partial charge in [0.1, 0.15) is 5.52 Å².